The second kappa shape index (κ2) is 5.85. The van der Waals surface area contributed by atoms with Gasteiger partial charge in [-0.1, -0.05) is 12.7 Å². The number of rotatable bonds is 5. The Kier molecular flexibility index (Phi) is 4.47. The molecule has 0 aliphatic heterocycles. The van der Waals surface area contributed by atoms with Crippen molar-refractivity contribution in [2.45, 2.75) is 6.04 Å². The SMILES string of the molecule is C=CCOC(=O)N(C)C(C(=O)O)c1cnn(C)c1. The van der Waals surface area contributed by atoms with Crippen LogP contribution in [0.5, 0.6) is 0 Å². The Bertz CT molecular complexity index is 455. The molecule has 1 atom stereocenters. The summed E-state index contributed by atoms with van der Waals surface area (Å²) in [6.07, 6.45) is 3.61. The number of aryl methyl sites for hydroxylation is 1. The number of hydrogen-bond acceptors (Lipinski definition) is 4. The van der Waals surface area contributed by atoms with Gasteiger partial charge in [0.2, 0.25) is 0 Å². The fraction of sp³-hybridized carbons (Fsp3) is 0.364. The molecule has 1 rings (SSSR count). The van der Waals surface area contributed by atoms with Crippen LogP contribution in [-0.4, -0.2) is 45.5 Å². The molecule has 7 heteroatoms. The second-order valence-corrected chi connectivity index (χ2v) is 3.66. The number of carboxylic acid groups (broad SMARTS) is 1. The lowest BCUT2D eigenvalue weighted by Gasteiger charge is -2.22. The summed E-state index contributed by atoms with van der Waals surface area (Å²) >= 11 is 0. The van der Waals surface area contributed by atoms with Crippen LogP contribution in [0.3, 0.4) is 0 Å². The van der Waals surface area contributed by atoms with Gasteiger partial charge in [0.05, 0.1) is 6.20 Å². The van der Waals surface area contributed by atoms with Crippen molar-refractivity contribution >= 4 is 12.1 Å². The van der Waals surface area contributed by atoms with Crippen LogP contribution in [0.1, 0.15) is 11.6 Å². The van der Waals surface area contributed by atoms with Gasteiger partial charge in [0.25, 0.3) is 0 Å². The van der Waals surface area contributed by atoms with Gasteiger partial charge in [-0.2, -0.15) is 5.10 Å². The Morgan fingerprint density at radius 2 is 2.39 bits per heavy atom. The topological polar surface area (TPSA) is 84.7 Å². The van der Waals surface area contributed by atoms with Gasteiger partial charge in [-0.15, -0.1) is 0 Å². The van der Waals surface area contributed by atoms with E-state index in [0.29, 0.717) is 5.56 Å². The van der Waals surface area contributed by atoms with Gasteiger partial charge in [-0.25, -0.2) is 9.59 Å². The van der Waals surface area contributed by atoms with Crippen LogP contribution >= 0.6 is 0 Å². The van der Waals surface area contributed by atoms with Crippen LogP contribution < -0.4 is 0 Å². The average Bonchev–Trinajstić information content (AvgIpc) is 2.72. The van der Waals surface area contributed by atoms with Crippen molar-refractivity contribution in [3.05, 3.63) is 30.6 Å². The predicted octanol–water partition coefficient (Wildman–Crippen LogP) is 0.800. The number of ether oxygens (including phenoxy) is 1. The molecule has 1 aromatic heterocycles. The molecule has 0 saturated heterocycles. The van der Waals surface area contributed by atoms with Crippen LogP contribution in [0, 0.1) is 0 Å². The van der Waals surface area contributed by atoms with Crippen molar-refractivity contribution in [1.82, 2.24) is 14.7 Å². The van der Waals surface area contributed by atoms with Crippen LogP contribution in [0.15, 0.2) is 25.0 Å². The molecule has 1 heterocycles. The summed E-state index contributed by atoms with van der Waals surface area (Å²) in [4.78, 5) is 23.8. The minimum atomic E-state index is -1.15. The summed E-state index contributed by atoms with van der Waals surface area (Å²) < 4.78 is 6.26. The zero-order valence-electron chi connectivity index (χ0n) is 10.2. The third-order valence-electron chi connectivity index (χ3n) is 2.27. The van der Waals surface area contributed by atoms with Gasteiger partial charge in [-0.05, 0) is 0 Å². The van der Waals surface area contributed by atoms with E-state index in [9.17, 15) is 14.7 Å². The van der Waals surface area contributed by atoms with Crippen molar-refractivity contribution < 1.29 is 19.4 Å². The highest BCUT2D eigenvalue weighted by Gasteiger charge is 2.30. The fourth-order valence-corrected chi connectivity index (χ4v) is 1.45. The molecule has 0 fully saturated rings. The molecule has 0 radical (unpaired) electrons. The first-order valence-corrected chi connectivity index (χ1v) is 5.19. The standard InChI is InChI=1S/C11H15N3O4/c1-4-5-18-11(17)14(3)9(10(15)16)8-6-12-13(2)7-8/h4,6-7,9H,1,5H2,2-3H3,(H,15,16). The Labute approximate surface area is 104 Å². The van der Waals surface area contributed by atoms with Crippen LogP contribution in [0.25, 0.3) is 0 Å². The van der Waals surface area contributed by atoms with Gasteiger partial charge in [0.15, 0.2) is 6.04 Å². The van der Waals surface area contributed by atoms with Crippen molar-refractivity contribution in [2.24, 2.45) is 7.05 Å². The lowest BCUT2D eigenvalue weighted by atomic mass is 10.1. The number of amides is 1. The first-order chi connectivity index (χ1) is 8.47. The van der Waals surface area contributed by atoms with Crippen molar-refractivity contribution in [2.75, 3.05) is 13.7 Å². The Morgan fingerprint density at radius 1 is 1.72 bits per heavy atom. The van der Waals surface area contributed by atoms with Gasteiger partial charge in [-0.3, -0.25) is 9.58 Å². The van der Waals surface area contributed by atoms with E-state index in [1.807, 2.05) is 0 Å². The third-order valence-corrected chi connectivity index (χ3v) is 2.27. The summed E-state index contributed by atoms with van der Waals surface area (Å²) in [6.45, 7) is 3.44. The molecular weight excluding hydrogens is 238 g/mol. The van der Waals surface area contributed by atoms with Crippen molar-refractivity contribution in [3.63, 3.8) is 0 Å². The van der Waals surface area contributed by atoms with Crippen molar-refractivity contribution in [3.8, 4) is 0 Å². The molecule has 0 aliphatic rings. The molecule has 7 nitrogen and oxygen atoms in total. The molecule has 0 aliphatic carbocycles. The summed E-state index contributed by atoms with van der Waals surface area (Å²) in [7, 11) is 3.02. The van der Waals surface area contributed by atoms with E-state index in [1.165, 1.54) is 30.2 Å². The van der Waals surface area contributed by atoms with Crippen molar-refractivity contribution in [1.29, 1.82) is 0 Å². The number of carbonyl (C=O) groups excluding carboxylic acids is 1. The Balaban J connectivity index is 2.88. The molecule has 98 valence electrons. The lowest BCUT2D eigenvalue weighted by molar-refractivity contribution is -0.142. The van der Waals surface area contributed by atoms with Gasteiger partial charge in [0.1, 0.15) is 6.61 Å². The molecule has 1 aromatic rings. The maximum Gasteiger partial charge on any atom is 0.410 e. The molecule has 1 N–H and O–H groups in total. The van der Waals surface area contributed by atoms with E-state index < -0.39 is 18.1 Å². The summed E-state index contributed by atoms with van der Waals surface area (Å²) in [5.41, 5.74) is 0.406. The maximum absolute atomic E-state index is 11.6. The van der Waals surface area contributed by atoms with Gasteiger partial charge in [0, 0.05) is 25.9 Å². The van der Waals surface area contributed by atoms with Crippen LogP contribution in [-0.2, 0) is 16.6 Å². The normalized spacial score (nSPS) is 11.7. The molecule has 0 aromatic carbocycles. The van der Waals surface area contributed by atoms with Crippen LogP contribution in [0.4, 0.5) is 4.79 Å². The number of hydrogen-bond donors (Lipinski definition) is 1. The first-order valence-electron chi connectivity index (χ1n) is 5.19. The zero-order chi connectivity index (χ0) is 13.7. The number of nitrogens with zero attached hydrogens (tertiary/aromatic N) is 3. The minimum absolute atomic E-state index is 0.0303. The maximum atomic E-state index is 11.6. The molecule has 0 spiro atoms. The molecular formula is C11H15N3O4. The lowest BCUT2D eigenvalue weighted by Crippen LogP contribution is -2.36. The van der Waals surface area contributed by atoms with E-state index >= 15 is 0 Å². The Morgan fingerprint density at radius 3 is 2.83 bits per heavy atom. The highest BCUT2D eigenvalue weighted by molar-refractivity contribution is 5.81. The molecule has 1 amide bonds. The van der Waals surface area contributed by atoms with E-state index in [0.717, 1.165) is 4.90 Å². The predicted molar refractivity (Wildman–Crippen MR) is 62.9 cm³/mol. The summed E-state index contributed by atoms with van der Waals surface area (Å²) in [5, 5.41) is 13.1. The number of likely N-dealkylation sites (N-methyl/N-ethyl adjacent to an activating group) is 1. The van der Waals surface area contributed by atoms with E-state index in [-0.39, 0.29) is 6.61 Å². The zero-order valence-corrected chi connectivity index (χ0v) is 10.2. The smallest absolute Gasteiger partial charge is 0.410 e. The van der Waals surface area contributed by atoms with E-state index in [1.54, 1.807) is 7.05 Å². The number of aromatic nitrogens is 2. The fourth-order valence-electron chi connectivity index (χ4n) is 1.45. The van der Waals surface area contributed by atoms with E-state index in [4.69, 9.17) is 4.74 Å². The second-order valence-electron chi connectivity index (χ2n) is 3.66. The average molecular weight is 253 g/mol. The largest absolute Gasteiger partial charge is 0.479 e. The van der Waals surface area contributed by atoms with E-state index in [2.05, 4.69) is 11.7 Å². The third kappa shape index (κ3) is 3.09. The first kappa shape index (κ1) is 13.8. The summed E-state index contributed by atoms with van der Waals surface area (Å²) in [6, 6.07) is -1.13. The molecule has 1 unspecified atom stereocenters. The Hall–Kier alpha value is -2.31. The highest BCUT2D eigenvalue weighted by atomic mass is 16.6. The van der Waals surface area contributed by atoms with Crippen LogP contribution in [0.2, 0.25) is 0 Å². The molecule has 0 bridgehead atoms. The molecule has 0 saturated carbocycles. The monoisotopic (exact) mass is 253 g/mol. The quantitative estimate of drug-likeness (QED) is 0.784. The van der Waals surface area contributed by atoms with Gasteiger partial charge >= 0.3 is 12.1 Å². The highest BCUT2D eigenvalue weighted by Crippen LogP contribution is 2.19. The number of carbonyl (C=O) groups is 2. The molecule has 18 heavy (non-hydrogen) atoms. The minimum Gasteiger partial charge on any atom is -0.479 e. The van der Waals surface area contributed by atoms with Gasteiger partial charge < -0.3 is 9.84 Å². The number of aliphatic carboxylic acids is 1. The number of carboxylic acids is 1. The summed E-state index contributed by atoms with van der Waals surface area (Å²) in [5.74, 6) is -1.15.